The van der Waals surface area contributed by atoms with Gasteiger partial charge in [-0.3, -0.25) is 20.6 Å². The van der Waals surface area contributed by atoms with Crippen LogP contribution >= 0.6 is 0 Å². The second-order valence-corrected chi connectivity index (χ2v) is 8.04. The van der Waals surface area contributed by atoms with Gasteiger partial charge in [-0.05, 0) is 37.1 Å². The van der Waals surface area contributed by atoms with Gasteiger partial charge in [0.05, 0.1) is 0 Å². The number of unbranched alkanes of at least 4 members (excludes halogenated alkanes) is 6. The Kier molecular flexibility index (Phi) is 17.9. The Labute approximate surface area is 216 Å². The number of para-hydroxylation sites is 2. The first kappa shape index (κ1) is 30.0. The summed E-state index contributed by atoms with van der Waals surface area (Å²) < 4.78 is 0. The summed E-state index contributed by atoms with van der Waals surface area (Å²) in [7, 11) is 0. The molecule has 0 fully saturated rings. The summed E-state index contributed by atoms with van der Waals surface area (Å²) in [4.78, 5) is 8.70. The lowest BCUT2D eigenvalue weighted by Crippen LogP contribution is -2.27. The van der Waals surface area contributed by atoms with Crippen LogP contribution in [0.4, 0.5) is 11.4 Å². The van der Waals surface area contributed by atoms with Gasteiger partial charge in [0.15, 0.2) is 12.4 Å². The third-order valence-corrected chi connectivity index (χ3v) is 4.98. The quantitative estimate of drug-likeness (QED) is 0.0926. The SMILES string of the molecule is CCCCCCN=C(NC#N)Nc1ccccc1.CCCCCCN=C(NC#N)Nc1ccccc1. The zero-order chi connectivity index (χ0) is 26.1. The first-order valence-electron chi connectivity index (χ1n) is 12.8. The molecule has 192 valence electrons. The number of benzene rings is 2. The molecule has 8 heteroatoms. The Morgan fingerprint density at radius 2 is 1.00 bits per heavy atom. The number of guanidine groups is 2. The molecular weight excluding hydrogens is 448 g/mol. The van der Waals surface area contributed by atoms with Gasteiger partial charge in [-0.1, -0.05) is 88.8 Å². The summed E-state index contributed by atoms with van der Waals surface area (Å²) in [6.45, 7) is 5.85. The average molecular weight is 489 g/mol. The van der Waals surface area contributed by atoms with Gasteiger partial charge in [0, 0.05) is 24.5 Å². The van der Waals surface area contributed by atoms with E-state index in [1.54, 1.807) is 0 Å². The van der Waals surface area contributed by atoms with E-state index >= 15 is 0 Å². The summed E-state index contributed by atoms with van der Waals surface area (Å²) in [5.74, 6) is 1.03. The molecule has 0 heterocycles. The largest absolute Gasteiger partial charge is 0.326 e. The highest BCUT2D eigenvalue weighted by Gasteiger charge is 1.99. The fourth-order valence-electron chi connectivity index (χ4n) is 3.10. The minimum Gasteiger partial charge on any atom is -0.326 e. The fourth-order valence-corrected chi connectivity index (χ4v) is 3.10. The summed E-state index contributed by atoms with van der Waals surface area (Å²) in [6, 6.07) is 19.4. The van der Waals surface area contributed by atoms with E-state index in [0.717, 1.165) is 37.3 Å². The van der Waals surface area contributed by atoms with E-state index in [0.29, 0.717) is 11.9 Å². The molecule has 0 atom stereocenters. The van der Waals surface area contributed by atoms with Crippen molar-refractivity contribution in [3.05, 3.63) is 60.7 Å². The molecular formula is C28H40N8. The first-order chi connectivity index (χ1) is 17.7. The monoisotopic (exact) mass is 488 g/mol. The van der Waals surface area contributed by atoms with Gasteiger partial charge >= 0.3 is 0 Å². The molecule has 2 rings (SSSR count). The van der Waals surface area contributed by atoms with Crippen molar-refractivity contribution in [3.8, 4) is 12.4 Å². The maximum absolute atomic E-state index is 8.67. The topological polar surface area (TPSA) is 120 Å². The number of aliphatic imine (C=N–C) groups is 2. The highest BCUT2D eigenvalue weighted by molar-refractivity contribution is 5.95. The van der Waals surface area contributed by atoms with Crippen LogP contribution in [0, 0.1) is 22.9 Å². The number of nitrogens with zero attached hydrogens (tertiary/aromatic N) is 4. The molecule has 0 spiro atoms. The van der Waals surface area contributed by atoms with Crippen molar-refractivity contribution >= 4 is 23.3 Å². The number of hydrogen-bond donors (Lipinski definition) is 4. The summed E-state index contributed by atoms with van der Waals surface area (Å²) in [5, 5.41) is 28.7. The molecule has 0 aliphatic carbocycles. The highest BCUT2D eigenvalue weighted by atomic mass is 15.2. The maximum Gasteiger partial charge on any atom is 0.209 e. The van der Waals surface area contributed by atoms with Crippen molar-refractivity contribution in [2.75, 3.05) is 23.7 Å². The van der Waals surface area contributed by atoms with Gasteiger partial charge in [0.2, 0.25) is 11.9 Å². The molecule has 2 aromatic carbocycles. The lowest BCUT2D eigenvalue weighted by molar-refractivity contribution is 0.674. The molecule has 36 heavy (non-hydrogen) atoms. The van der Waals surface area contributed by atoms with E-state index in [9.17, 15) is 0 Å². The van der Waals surface area contributed by atoms with Crippen molar-refractivity contribution < 1.29 is 0 Å². The standard InChI is InChI=1S/2C14H20N4/c2*1-2-3-4-8-11-16-14(17-12-15)18-13-9-6-5-7-10-13/h2*5-7,9-10H,2-4,8,11H2,1H3,(H2,16,17,18). The number of rotatable bonds is 12. The van der Waals surface area contributed by atoms with Crippen molar-refractivity contribution in [1.29, 1.82) is 10.5 Å². The molecule has 0 saturated carbocycles. The minimum absolute atomic E-state index is 0.514. The second-order valence-electron chi connectivity index (χ2n) is 8.04. The van der Waals surface area contributed by atoms with Crippen LogP contribution in [0.2, 0.25) is 0 Å². The van der Waals surface area contributed by atoms with Crippen LogP contribution in [0.25, 0.3) is 0 Å². The number of anilines is 2. The molecule has 0 aliphatic heterocycles. The fraction of sp³-hybridized carbons (Fsp3) is 0.429. The van der Waals surface area contributed by atoms with Crippen LogP contribution in [0.3, 0.4) is 0 Å². The third kappa shape index (κ3) is 15.7. The Balaban J connectivity index is 0.000000360. The van der Waals surface area contributed by atoms with Crippen LogP contribution in [-0.2, 0) is 0 Å². The molecule has 0 radical (unpaired) electrons. The Hall–Kier alpha value is -4.04. The number of nitrogens with one attached hydrogen (secondary N) is 4. The van der Waals surface area contributed by atoms with Crippen LogP contribution in [0.15, 0.2) is 70.6 Å². The maximum atomic E-state index is 8.67. The molecule has 0 bridgehead atoms. The molecule has 0 saturated heterocycles. The van der Waals surface area contributed by atoms with E-state index in [1.807, 2.05) is 73.0 Å². The molecule has 8 nitrogen and oxygen atoms in total. The molecule has 4 N–H and O–H groups in total. The molecule has 0 unspecified atom stereocenters. The van der Waals surface area contributed by atoms with Crippen molar-refractivity contribution in [1.82, 2.24) is 10.6 Å². The lowest BCUT2D eigenvalue weighted by atomic mass is 10.2. The van der Waals surface area contributed by atoms with Crippen LogP contribution < -0.4 is 21.3 Å². The Morgan fingerprint density at radius 1 is 0.611 bits per heavy atom. The predicted octanol–water partition coefficient (Wildman–Crippen LogP) is 6.21. The molecule has 0 amide bonds. The Bertz CT molecular complexity index is 864. The van der Waals surface area contributed by atoms with Crippen molar-refractivity contribution in [2.45, 2.75) is 65.2 Å². The summed E-state index contributed by atoms with van der Waals surface area (Å²) in [6.07, 6.45) is 13.2. The van der Waals surface area contributed by atoms with Crippen LogP contribution in [-0.4, -0.2) is 25.0 Å². The molecule has 2 aromatic rings. The van der Waals surface area contributed by atoms with Crippen LogP contribution in [0.5, 0.6) is 0 Å². The number of hydrogen-bond acceptors (Lipinski definition) is 4. The van der Waals surface area contributed by atoms with E-state index < -0.39 is 0 Å². The number of nitriles is 2. The van der Waals surface area contributed by atoms with Gasteiger partial charge in [0.25, 0.3) is 0 Å². The van der Waals surface area contributed by atoms with Gasteiger partial charge in [-0.2, -0.15) is 10.5 Å². The lowest BCUT2D eigenvalue weighted by Gasteiger charge is -2.07. The van der Waals surface area contributed by atoms with Gasteiger partial charge in [0.1, 0.15) is 0 Å². The normalized spacial score (nSPS) is 10.8. The van der Waals surface area contributed by atoms with Gasteiger partial charge in [-0.25, -0.2) is 0 Å². The van der Waals surface area contributed by atoms with Crippen LogP contribution in [0.1, 0.15) is 65.2 Å². The van der Waals surface area contributed by atoms with Crippen molar-refractivity contribution in [2.24, 2.45) is 9.98 Å². The van der Waals surface area contributed by atoms with E-state index in [-0.39, 0.29) is 0 Å². The first-order valence-corrected chi connectivity index (χ1v) is 12.8. The van der Waals surface area contributed by atoms with E-state index in [4.69, 9.17) is 10.5 Å². The van der Waals surface area contributed by atoms with E-state index in [1.165, 1.54) is 38.5 Å². The van der Waals surface area contributed by atoms with Gasteiger partial charge in [-0.15, -0.1) is 0 Å². The highest BCUT2D eigenvalue weighted by Crippen LogP contribution is 2.06. The van der Waals surface area contributed by atoms with E-state index in [2.05, 4.69) is 45.1 Å². The zero-order valence-corrected chi connectivity index (χ0v) is 21.6. The second kappa shape index (κ2) is 21.5. The molecule has 0 aromatic heterocycles. The van der Waals surface area contributed by atoms with Gasteiger partial charge < -0.3 is 10.6 Å². The van der Waals surface area contributed by atoms with Crippen molar-refractivity contribution in [3.63, 3.8) is 0 Å². The molecule has 0 aliphatic rings. The summed E-state index contributed by atoms with van der Waals surface area (Å²) >= 11 is 0. The zero-order valence-electron chi connectivity index (χ0n) is 21.6. The predicted molar refractivity (Wildman–Crippen MR) is 151 cm³/mol. The third-order valence-electron chi connectivity index (χ3n) is 4.98. The average Bonchev–Trinajstić information content (AvgIpc) is 2.90. The minimum atomic E-state index is 0.514. The smallest absolute Gasteiger partial charge is 0.209 e. The Morgan fingerprint density at radius 3 is 1.33 bits per heavy atom. The summed E-state index contributed by atoms with van der Waals surface area (Å²) in [5.41, 5.74) is 1.85.